The number of ketones is 1. The molecule has 28 heavy (non-hydrogen) atoms. The number of benzene rings is 1. The number of furan rings is 1. The van der Waals surface area contributed by atoms with Crippen LogP contribution in [0.4, 0.5) is 0 Å². The Morgan fingerprint density at radius 2 is 1.79 bits per heavy atom. The van der Waals surface area contributed by atoms with E-state index >= 15 is 0 Å². The summed E-state index contributed by atoms with van der Waals surface area (Å²) in [5, 5.41) is 38.6. The van der Waals surface area contributed by atoms with Crippen molar-refractivity contribution in [1.82, 2.24) is 0 Å². The zero-order chi connectivity index (χ0) is 20.1. The Kier molecular flexibility index (Phi) is 6.74. The van der Waals surface area contributed by atoms with Gasteiger partial charge in [0.1, 0.15) is 42.5 Å². The van der Waals surface area contributed by atoms with Gasteiger partial charge in [-0.3, -0.25) is 4.79 Å². The van der Waals surface area contributed by atoms with Crippen LogP contribution in [0.15, 0.2) is 53.0 Å². The standard InChI is InChI=1S/C20H22O8/c21-10-16-17(23)18(24)19(25)20(28-16)26-11-14-7-6-13(27-14)8-9-15(22)12-4-2-1-3-5-12/h1-9,16-21,23-25H,10-11H2/t16-,17-,18+,19-,20?/m1/s1. The minimum atomic E-state index is -1.50. The van der Waals surface area contributed by atoms with Crippen LogP contribution in [0.3, 0.4) is 0 Å². The lowest BCUT2D eigenvalue weighted by Gasteiger charge is -2.39. The predicted octanol–water partition coefficient (Wildman–Crippen LogP) is 0.492. The molecule has 0 radical (unpaired) electrons. The topological polar surface area (TPSA) is 130 Å². The molecule has 8 heteroatoms. The minimum Gasteiger partial charge on any atom is -0.459 e. The van der Waals surface area contributed by atoms with E-state index in [9.17, 15) is 25.2 Å². The summed E-state index contributed by atoms with van der Waals surface area (Å²) in [6.45, 7) is -0.612. The van der Waals surface area contributed by atoms with Gasteiger partial charge in [-0.2, -0.15) is 0 Å². The van der Waals surface area contributed by atoms with Crippen LogP contribution in [0.25, 0.3) is 6.08 Å². The molecule has 0 saturated carbocycles. The summed E-state index contributed by atoms with van der Waals surface area (Å²) in [7, 11) is 0. The van der Waals surface area contributed by atoms with Gasteiger partial charge in [0.2, 0.25) is 0 Å². The molecule has 1 unspecified atom stereocenters. The Bertz CT molecular complexity index is 798. The van der Waals surface area contributed by atoms with E-state index in [-0.39, 0.29) is 12.4 Å². The normalized spacial score (nSPS) is 27.9. The summed E-state index contributed by atoms with van der Waals surface area (Å²) in [5.74, 6) is 0.691. The lowest BCUT2D eigenvalue weighted by molar-refractivity contribution is -0.304. The van der Waals surface area contributed by atoms with Gasteiger partial charge in [-0.25, -0.2) is 0 Å². The van der Waals surface area contributed by atoms with E-state index in [1.807, 2.05) is 6.07 Å². The first-order chi connectivity index (χ1) is 13.5. The van der Waals surface area contributed by atoms with Crippen LogP contribution in [-0.4, -0.2) is 63.5 Å². The van der Waals surface area contributed by atoms with E-state index in [0.29, 0.717) is 17.1 Å². The van der Waals surface area contributed by atoms with Crippen LogP contribution in [-0.2, 0) is 16.1 Å². The first-order valence-corrected chi connectivity index (χ1v) is 8.78. The highest BCUT2D eigenvalue weighted by molar-refractivity contribution is 6.06. The lowest BCUT2D eigenvalue weighted by Crippen LogP contribution is -2.59. The predicted molar refractivity (Wildman–Crippen MR) is 97.1 cm³/mol. The number of hydrogen-bond acceptors (Lipinski definition) is 8. The fourth-order valence-corrected chi connectivity index (χ4v) is 2.79. The fraction of sp³-hybridized carbons (Fsp3) is 0.350. The molecular formula is C20H22O8. The average Bonchev–Trinajstić information content (AvgIpc) is 3.18. The summed E-state index contributed by atoms with van der Waals surface area (Å²) < 4.78 is 16.2. The highest BCUT2D eigenvalue weighted by Crippen LogP contribution is 2.23. The van der Waals surface area contributed by atoms with Crippen molar-refractivity contribution in [2.75, 3.05) is 6.61 Å². The highest BCUT2D eigenvalue weighted by Gasteiger charge is 2.44. The molecule has 2 heterocycles. The largest absolute Gasteiger partial charge is 0.459 e. The Morgan fingerprint density at radius 3 is 2.50 bits per heavy atom. The van der Waals surface area contributed by atoms with E-state index in [4.69, 9.17) is 13.9 Å². The van der Waals surface area contributed by atoms with Crippen molar-refractivity contribution in [2.24, 2.45) is 0 Å². The third kappa shape index (κ3) is 4.74. The number of carbonyl (C=O) groups is 1. The molecule has 0 spiro atoms. The van der Waals surface area contributed by atoms with E-state index in [0.717, 1.165) is 0 Å². The van der Waals surface area contributed by atoms with Crippen molar-refractivity contribution in [3.8, 4) is 0 Å². The highest BCUT2D eigenvalue weighted by atomic mass is 16.7. The molecule has 1 fully saturated rings. The van der Waals surface area contributed by atoms with Gasteiger partial charge in [-0.1, -0.05) is 30.3 Å². The third-order valence-corrected chi connectivity index (χ3v) is 4.38. The Morgan fingerprint density at radius 1 is 1.04 bits per heavy atom. The fourth-order valence-electron chi connectivity index (χ4n) is 2.79. The Labute approximate surface area is 161 Å². The quantitative estimate of drug-likeness (QED) is 0.397. The molecule has 2 aromatic rings. The molecule has 5 atom stereocenters. The number of aliphatic hydroxyl groups excluding tert-OH is 4. The second-order valence-electron chi connectivity index (χ2n) is 6.38. The molecule has 150 valence electrons. The summed E-state index contributed by atoms with van der Waals surface area (Å²) in [6, 6.07) is 12.1. The number of allylic oxidation sites excluding steroid dienone is 1. The number of carbonyl (C=O) groups excluding carboxylic acids is 1. The second kappa shape index (κ2) is 9.24. The SMILES string of the molecule is O=C(C=Cc1ccc(COC2O[C@H](CO)[C@@H](O)[C@H](O)[C@H]2O)o1)c1ccccc1. The average molecular weight is 390 g/mol. The maximum absolute atomic E-state index is 12.0. The third-order valence-electron chi connectivity index (χ3n) is 4.38. The summed E-state index contributed by atoms with van der Waals surface area (Å²) in [4.78, 5) is 12.0. The zero-order valence-electron chi connectivity index (χ0n) is 14.9. The number of rotatable bonds is 7. The van der Waals surface area contributed by atoms with Crippen LogP contribution in [0.2, 0.25) is 0 Å². The van der Waals surface area contributed by atoms with E-state index < -0.39 is 37.3 Å². The Hall–Kier alpha value is -2.33. The Balaban J connectivity index is 1.56. The zero-order valence-corrected chi connectivity index (χ0v) is 14.9. The molecule has 8 nitrogen and oxygen atoms in total. The van der Waals surface area contributed by atoms with Gasteiger partial charge in [0.15, 0.2) is 12.1 Å². The van der Waals surface area contributed by atoms with E-state index in [1.165, 1.54) is 12.2 Å². The van der Waals surface area contributed by atoms with Crippen LogP contribution in [0.5, 0.6) is 0 Å². The molecule has 0 aliphatic carbocycles. The molecule has 1 aromatic heterocycles. The maximum atomic E-state index is 12.0. The molecule has 0 bridgehead atoms. The maximum Gasteiger partial charge on any atom is 0.187 e. The van der Waals surface area contributed by atoms with Gasteiger partial charge in [0.25, 0.3) is 0 Å². The van der Waals surface area contributed by atoms with Gasteiger partial charge in [-0.15, -0.1) is 0 Å². The van der Waals surface area contributed by atoms with Crippen LogP contribution >= 0.6 is 0 Å². The van der Waals surface area contributed by atoms with E-state index in [1.54, 1.807) is 36.4 Å². The monoisotopic (exact) mass is 390 g/mol. The summed E-state index contributed by atoms with van der Waals surface area (Å²) in [6.07, 6.45) is -3.77. The molecule has 1 saturated heterocycles. The second-order valence-corrected chi connectivity index (χ2v) is 6.38. The molecule has 1 aliphatic rings. The van der Waals surface area contributed by atoms with Crippen LogP contribution in [0, 0.1) is 0 Å². The van der Waals surface area contributed by atoms with Crippen molar-refractivity contribution >= 4 is 11.9 Å². The molecule has 4 N–H and O–H groups in total. The van der Waals surface area contributed by atoms with Gasteiger partial charge >= 0.3 is 0 Å². The van der Waals surface area contributed by atoms with Crippen molar-refractivity contribution in [3.63, 3.8) is 0 Å². The van der Waals surface area contributed by atoms with Crippen molar-refractivity contribution in [2.45, 2.75) is 37.3 Å². The number of ether oxygens (including phenoxy) is 2. The molecular weight excluding hydrogens is 368 g/mol. The van der Waals surface area contributed by atoms with Crippen molar-refractivity contribution < 1.29 is 39.1 Å². The van der Waals surface area contributed by atoms with E-state index in [2.05, 4.69) is 0 Å². The molecule has 1 aliphatic heterocycles. The molecule has 3 rings (SSSR count). The van der Waals surface area contributed by atoms with Crippen molar-refractivity contribution in [3.05, 3.63) is 65.6 Å². The minimum absolute atomic E-state index is 0.0802. The first-order valence-electron chi connectivity index (χ1n) is 8.78. The van der Waals surface area contributed by atoms with Gasteiger partial charge in [0.05, 0.1) is 6.61 Å². The van der Waals surface area contributed by atoms with Gasteiger partial charge in [-0.05, 0) is 24.3 Å². The van der Waals surface area contributed by atoms with Crippen LogP contribution < -0.4 is 0 Å². The molecule has 1 aromatic carbocycles. The van der Waals surface area contributed by atoms with Crippen LogP contribution in [0.1, 0.15) is 21.9 Å². The summed E-state index contributed by atoms with van der Waals surface area (Å²) in [5.41, 5.74) is 0.566. The molecule has 0 amide bonds. The van der Waals surface area contributed by atoms with Gasteiger partial charge in [0, 0.05) is 5.56 Å². The first kappa shape index (κ1) is 20.4. The number of aliphatic hydroxyl groups is 4. The number of hydrogen-bond donors (Lipinski definition) is 4. The lowest BCUT2D eigenvalue weighted by atomic mass is 9.99. The van der Waals surface area contributed by atoms with Crippen molar-refractivity contribution in [1.29, 1.82) is 0 Å². The summed E-state index contributed by atoms with van der Waals surface area (Å²) >= 11 is 0. The van der Waals surface area contributed by atoms with Gasteiger partial charge < -0.3 is 34.3 Å². The smallest absolute Gasteiger partial charge is 0.187 e.